The highest BCUT2D eigenvalue weighted by Gasteiger charge is 2.18. The Labute approximate surface area is 110 Å². The van der Waals surface area contributed by atoms with Gasteiger partial charge in [0.2, 0.25) is 0 Å². The molecule has 2 aromatic rings. The summed E-state index contributed by atoms with van der Waals surface area (Å²) in [5, 5.41) is 2.30. The highest BCUT2D eigenvalue weighted by molar-refractivity contribution is 7.85. The van der Waals surface area contributed by atoms with Gasteiger partial charge in [-0.3, -0.25) is 0 Å². The lowest BCUT2D eigenvalue weighted by Crippen LogP contribution is -2.19. The van der Waals surface area contributed by atoms with Gasteiger partial charge in [-0.15, -0.1) is 0 Å². The maximum Gasteiger partial charge on any atom is 0.144 e. The van der Waals surface area contributed by atoms with Crippen LogP contribution in [0.25, 0.3) is 10.8 Å². The lowest BCUT2D eigenvalue weighted by atomic mass is 10.1. The highest BCUT2D eigenvalue weighted by atomic mass is 32.2. The molecule has 1 atom stereocenters. The van der Waals surface area contributed by atoms with Crippen LogP contribution in [0.15, 0.2) is 46.9 Å². The van der Waals surface area contributed by atoms with Crippen molar-refractivity contribution in [2.24, 2.45) is 4.40 Å². The predicted molar refractivity (Wildman–Crippen MR) is 79.4 cm³/mol. The Morgan fingerprint density at radius 2 is 1.72 bits per heavy atom. The molecular weight excluding hydrogens is 242 g/mol. The van der Waals surface area contributed by atoms with Gasteiger partial charge in [0.05, 0.1) is 4.75 Å². The summed E-state index contributed by atoms with van der Waals surface area (Å²) >= 11 is 0. The zero-order chi connectivity index (χ0) is 13.2. The van der Waals surface area contributed by atoms with E-state index in [1.807, 2.05) is 45.0 Å². The average Bonchev–Trinajstić information content (AvgIpc) is 2.34. The lowest BCUT2D eigenvalue weighted by molar-refractivity contribution is 0.651. The number of benzene rings is 2. The first-order valence-electron chi connectivity index (χ1n) is 5.92. The third kappa shape index (κ3) is 2.85. The highest BCUT2D eigenvalue weighted by Crippen LogP contribution is 2.18. The van der Waals surface area contributed by atoms with Crippen LogP contribution in [0, 0.1) is 0 Å². The van der Waals surface area contributed by atoms with Crippen molar-refractivity contribution in [3.8, 4) is 0 Å². The van der Waals surface area contributed by atoms with Crippen molar-refractivity contribution in [2.75, 3.05) is 0 Å². The van der Waals surface area contributed by atoms with Crippen LogP contribution in [-0.4, -0.2) is 15.2 Å². The molecule has 2 rings (SSSR count). The summed E-state index contributed by atoms with van der Waals surface area (Å²) < 4.78 is 15.7. The van der Waals surface area contributed by atoms with Gasteiger partial charge in [-0.1, -0.05) is 42.5 Å². The molecule has 0 saturated carbocycles. The molecule has 94 valence electrons. The van der Waals surface area contributed by atoms with E-state index in [1.165, 1.54) is 5.39 Å². The summed E-state index contributed by atoms with van der Waals surface area (Å²) in [7, 11) is -1.21. The van der Waals surface area contributed by atoms with E-state index in [2.05, 4.69) is 22.6 Å². The van der Waals surface area contributed by atoms with E-state index in [0.29, 0.717) is 0 Å². The van der Waals surface area contributed by atoms with Gasteiger partial charge < -0.3 is 0 Å². The van der Waals surface area contributed by atoms with Crippen LogP contribution in [0.1, 0.15) is 26.3 Å². The molecule has 0 aliphatic rings. The zero-order valence-corrected chi connectivity index (χ0v) is 11.7. The summed E-state index contributed by atoms with van der Waals surface area (Å²) in [4.78, 5) is 0. The fourth-order valence-corrected chi connectivity index (χ4v) is 2.15. The van der Waals surface area contributed by atoms with Crippen molar-refractivity contribution in [2.45, 2.75) is 25.5 Å². The molecule has 2 aromatic carbocycles. The molecule has 3 heteroatoms. The van der Waals surface area contributed by atoms with E-state index in [0.717, 1.165) is 10.9 Å². The van der Waals surface area contributed by atoms with Gasteiger partial charge >= 0.3 is 0 Å². The number of hydrogen-bond acceptors (Lipinski definition) is 1. The molecule has 0 fully saturated rings. The van der Waals surface area contributed by atoms with Gasteiger partial charge in [-0.05, 0) is 31.5 Å². The van der Waals surface area contributed by atoms with Crippen LogP contribution in [0.5, 0.6) is 0 Å². The molecule has 0 spiro atoms. The number of rotatable bonds is 2. The fraction of sp³-hybridized carbons (Fsp3) is 0.267. The zero-order valence-electron chi connectivity index (χ0n) is 10.9. The molecule has 0 bridgehead atoms. The molecule has 0 aliphatic carbocycles. The first-order valence-corrected chi connectivity index (χ1v) is 7.03. The van der Waals surface area contributed by atoms with E-state index in [-0.39, 0.29) is 4.75 Å². The lowest BCUT2D eigenvalue weighted by Gasteiger charge is -2.12. The summed E-state index contributed by atoms with van der Waals surface area (Å²) in [5.74, 6) is 0. The Balaban J connectivity index is 2.38. The van der Waals surface area contributed by atoms with Crippen LogP contribution >= 0.6 is 0 Å². The van der Waals surface area contributed by atoms with E-state index in [1.54, 1.807) is 6.21 Å². The van der Waals surface area contributed by atoms with Crippen LogP contribution in [0.4, 0.5) is 0 Å². The molecule has 0 amide bonds. The maximum absolute atomic E-state index is 11.9. The molecular formula is C15H17NOS. The monoisotopic (exact) mass is 259 g/mol. The van der Waals surface area contributed by atoms with Gasteiger partial charge in [0.1, 0.15) is 11.0 Å². The SMILES string of the molecule is CC(C)(C)[S@@](=O)N=Cc1cccc2ccccc12. The second-order valence-corrected chi connectivity index (χ2v) is 7.10. The molecule has 18 heavy (non-hydrogen) atoms. The molecule has 0 radical (unpaired) electrons. The molecule has 0 N–H and O–H groups in total. The minimum atomic E-state index is -1.21. The number of hydrogen-bond donors (Lipinski definition) is 0. The average molecular weight is 259 g/mol. The van der Waals surface area contributed by atoms with E-state index in [9.17, 15) is 4.21 Å². The van der Waals surface area contributed by atoms with Crippen molar-refractivity contribution >= 4 is 28.0 Å². The van der Waals surface area contributed by atoms with Crippen molar-refractivity contribution in [1.82, 2.24) is 0 Å². The normalized spacial score (nSPS) is 14.2. The largest absolute Gasteiger partial charge is 0.234 e. The summed E-state index contributed by atoms with van der Waals surface area (Å²) in [6.07, 6.45) is 1.71. The Hall–Kier alpha value is -1.48. The van der Waals surface area contributed by atoms with Gasteiger partial charge in [0, 0.05) is 11.8 Å². The van der Waals surface area contributed by atoms with Crippen molar-refractivity contribution in [3.63, 3.8) is 0 Å². The van der Waals surface area contributed by atoms with Crippen molar-refractivity contribution in [1.29, 1.82) is 0 Å². The minimum Gasteiger partial charge on any atom is -0.234 e. The molecule has 0 aromatic heterocycles. The Morgan fingerprint density at radius 3 is 2.44 bits per heavy atom. The topological polar surface area (TPSA) is 29.4 Å². The van der Waals surface area contributed by atoms with Crippen molar-refractivity contribution < 1.29 is 4.21 Å². The summed E-state index contributed by atoms with van der Waals surface area (Å²) in [6, 6.07) is 14.2. The van der Waals surface area contributed by atoms with Crippen molar-refractivity contribution in [3.05, 3.63) is 48.0 Å². The number of fused-ring (bicyclic) bond motifs is 1. The fourth-order valence-electron chi connectivity index (χ4n) is 1.63. The molecule has 2 nitrogen and oxygen atoms in total. The molecule has 0 unspecified atom stereocenters. The second-order valence-electron chi connectivity index (χ2n) is 5.16. The minimum absolute atomic E-state index is 0.318. The van der Waals surface area contributed by atoms with Crippen LogP contribution < -0.4 is 0 Å². The molecule has 0 saturated heterocycles. The first-order chi connectivity index (χ1) is 8.48. The second kappa shape index (κ2) is 5.02. The Morgan fingerprint density at radius 1 is 1.06 bits per heavy atom. The predicted octanol–water partition coefficient (Wildman–Crippen LogP) is 3.72. The van der Waals surface area contributed by atoms with Gasteiger partial charge in [-0.25, -0.2) is 4.21 Å². The van der Waals surface area contributed by atoms with Crippen LogP contribution in [0.3, 0.4) is 0 Å². The maximum atomic E-state index is 11.9. The Kier molecular flexibility index (Phi) is 3.62. The van der Waals surface area contributed by atoms with Crippen LogP contribution in [-0.2, 0) is 11.0 Å². The summed E-state index contributed by atoms with van der Waals surface area (Å²) in [6.45, 7) is 5.76. The smallest absolute Gasteiger partial charge is 0.144 e. The molecule has 0 aliphatic heterocycles. The molecule has 0 heterocycles. The Bertz CT molecular complexity index is 606. The standard InChI is InChI=1S/C15H17NOS/c1-15(2,3)18(17)16-11-13-9-6-8-12-7-4-5-10-14(12)13/h4-11H,1-3H3/t18-/m1/s1. The van der Waals surface area contributed by atoms with E-state index in [4.69, 9.17) is 0 Å². The third-order valence-electron chi connectivity index (χ3n) is 2.63. The van der Waals surface area contributed by atoms with Gasteiger partial charge in [0.25, 0.3) is 0 Å². The third-order valence-corrected chi connectivity index (χ3v) is 3.98. The number of nitrogens with zero attached hydrogens (tertiary/aromatic N) is 1. The van der Waals surface area contributed by atoms with Crippen LogP contribution in [0.2, 0.25) is 0 Å². The van der Waals surface area contributed by atoms with Gasteiger partial charge in [-0.2, -0.15) is 4.40 Å². The first kappa shape index (κ1) is 13.0. The van der Waals surface area contributed by atoms with E-state index < -0.39 is 11.0 Å². The summed E-state index contributed by atoms with van der Waals surface area (Å²) in [5.41, 5.74) is 1.01. The van der Waals surface area contributed by atoms with Gasteiger partial charge in [0.15, 0.2) is 0 Å². The quantitative estimate of drug-likeness (QED) is 0.756. The van der Waals surface area contributed by atoms with E-state index >= 15 is 0 Å².